The van der Waals surface area contributed by atoms with Gasteiger partial charge in [0, 0.05) is 13.0 Å². The Hall–Kier alpha value is -4.09. The summed E-state index contributed by atoms with van der Waals surface area (Å²) in [5.41, 5.74) is 6.93. The Kier molecular flexibility index (Phi) is 9.54. The van der Waals surface area contributed by atoms with Gasteiger partial charge in [0.2, 0.25) is 0 Å². The molecule has 0 N–H and O–H groups in total. The molecule has 0 aliphatic rings. The van der Waals surface area contributed by atoms with Crippen LogP contribution in [0, 0.1) is 0 Å². The summed E-state index contributed by atoms with van der Waals surface area (Å²) in [6.07, 6.45) is 1.51. The number of carbonyl (C=O) groups excluding carboxylic acids is 1. The molecule has 0 aliphatic carbocycles. The van der Waals surface area contributed by atoms with Gasteiger partial charge in [0.15, 0.2) is 6.61 Å². The molecule has 4 aromatic carbocycles. The number of likely N-dealkylation sites (N-methyl/N-ethyl adjacent to an activating group) is 1. The number of nitrogens with zero attached hydrogens (tertiary/aromatic N) is 1. The molecule has 0 aromatic heterocycles. The lowest BCUT2D eigenvalue weighted by molar-refractivity contribution is -0.142. The lowest BCUT2D eigenvalue weighted by atomic mass is 9.92. The van der Waals surface area contributed by atoms with E-state index in [1.54, 1.807) is 0 Å². The summed E-state index contributed by atoms with van der Waals surface area (Å²) in [5.74, 6) is 1.13. The summed E-state index contributed by atoms with van der Waals surface area (Å²) in [6, 6.07) is 33.2. The van der Waals surface area contributed by atoms with Crippen LogP contribution in [-0.4, -0.2) is 51.8 Å². The fourth-order valence-corrected chi connectivity index (χ4v) is 4.28. The molecule has 196 valence electrons. The van der Waals surface area contributed by atoms with Crippen LogP contribution in [0.25, 0.3) is 11.1 Å². The van der Waals surface area contributed by atoms with Gasteiger partial charge in [-0.3, -0.25) is 0 Å². The van der Waals surface area contributed by atoms with Crippen molar-refractivity contribution in [3.05, 3.63) is 119 Å². The highest BCUT2D eigenvalue weighted by atomic mass is 16.6. The number of methoxy groups -OCH3 is 1. The van der Waals surface area contributed by atoms with Crippen LogP contribution in [0.1, 0.15) is 22.3 Å². The summed E-state index contributed by atoms with van der Waals surface area (Å²) in [7, 11) is 5.45. The Morgan fingerprint density at radius 3 is 2.03 bits per heavy atom. The van der Waals surface area contributed by atoms with Gasteiger partial charge in [0.05, 0.1) is 7.11 Å². The summed E-state index contributed by atoms with van der Waals surface area (Å²) >= 11 is 0. The van der Waals surface area contributed by atoms with E-state index in [-0.39, 0.29) is 6.61 Å². The molecule has 0 fully saturated rings. The van der Waals surface area contributed by atoms with E-state index in [1.807, 2.05) is 50.5 Å². The lowest BCUT2D eigenvalue weighted by Crippen LogP contribution is -2.19. The number of rotatable bonds is 12. The Morgan fingerprint density at radius 1 is 0.737 bits per heavy atom. The molecule has 0 amide bonds. The van der Waals surface area contributed by atoms with Crippen molar-refractivity contribution in [2.75, 3.05) is 41.0 Å². The van der Waals surface area contributed by atoms with Crippen LogP contribution < -0.4 is 9.47 Å². The molecule has 4 aromatic rings. The first-order valence-corrected chi connectivity index (χ1v) is 12.8. The second-order valence-corrected chi connectivity index (χ2v) is 9.48. The lowest BCUT2D eigenvalue weighted by Gasteiger charge is -2.17. The van der Waals surface area contributed by atoms with Gasteiger partial charge in [-0.05, 0) is 78.2 Å². The molecule has 5 nitrogen and oxygen atoms in total. The number of hydrogen-bond donors (Lipinski definition) is 0. The molecule has 38 heavy (non-hydrogen) atoms. The summed E-state index contributed by atoms with van der Waals surface area (Å²) in [6.45, 7) is 1.35. The van der Waals surface area contributed by atoms with E-state index in [0.717, 1.165) is 47.4 Å². The third-order valence-electron chi connectivity index (χ3n) is 6.30. The number of carbonyl (C=O) groups is 1. The monoisotopic (exact) mass is 509 g/mol. The van der Waals surface area contributed by atoms with Crippen molar-refractivity contribution in [2.24, 2.45) is 0 Å². The van der Waals surface area contributed by atoms with Crippen LogP contribution in [-0.2, 0) is 22.4 Å². The van der Waals surface area contributed by atoms with Crippen molar-refractivity contribution in [3.63, 3.8) is 0 Å². The van der Waals surface area contributed by atoms with Crippen molar-refractivity contribution in [3.8, 4) is 22.6 Å². The Bertz CT molecular complexity index is 1320. The molecule has 0 atom stereocenters. The van der Waals surface area contributed by atoms with Crippen LogP contribution in [0.3, 0.4) is 0 Å². The van der Waals surface area contributed by atoms with Gasteiger partial charge in [-0.1, -0.05) is 72.8 Å². The molecular formula is C33H35NO4. The van der Waals surface area contributed by atoms with Crippen molar-refractivity contribution in [1.29, 1.82) is 0 Å². The smallest absolute Gasteiger partial charge is 0.343 e. The zero-order chi connectivity index (χ0) is 26.7. The van der Waals surface area contributed by atoms with E-state index in [1.165, 1.54) is 18.2 Å². The third kappa shape index (κ3) is 7.70. The highest BCUT2D eigenvalue weighted by Crippen LogP contribution is 2.33. The molecule has 5 heteroatoms. The molecule has 4 rings (SSSR count). The van der Waals surface area contributed by atoms with Gasteiger partial charge in [-0.2, -0.15) is 0 Å². The van der Waals surface area contributed by atoms with E-state index in [4.69, 9.17) is 14.2 Å². The quantitative estimate of drug-likeness (QED) is 0.218. The number of esters is 1. The van der Waals surface area contributed by atoms with Gasteiger partial charge >= 0.3 is 5.97 Å². The molecular weight excluding hydrogens is 474 g/mol. The van der Waals surface area contributed by atoms with Crippen LogP contribution in [0.4, 0.5) is 0 Å². The minimum Gasteiger partial charge on any atom is -0.492 e. The van der Waals surface area contributed by atoms with Crippen LogP contribution >= 0.6 is 0 Å². The van der Waals surface area contributed by atoms with E-state index in [2.05, 4.69) is 65.6 Å². The van der Waals surface area contributed by atoms with Crippen molar-refractivity contribution in [1.82, 2.24) is 4.90 Å². The SMILES string of the molecule is COC(=O)COc1ccc(-c2ccc(OCCN(C)C)c(Cc3ccccc3)c2)c(Cc2ccccc2)c1. The van der Waals surface area contributed by atoms with E-state index in [0.29, 0.717) is 12.4 Å². The first kappa shape index (κ1) is 27.0. The van der Waals surface area contributed by atoms with Gasteiger partial charge < -0.3 is 19.1 Å². The van der Waals surface area contributed by atoms with Gasteiger partial charge in [-0.25, -0.2) is 4.79 Å². The Morgan fingerprint density at radius 2 is 1.39 bits per heavy atom. The van der Waals surface area contributed by atoms with Crippen LogP contribution in [0.15, 0.2) is 97.1 Å². The summed E-state index contributed by atoms with van der Waals surface area (Å²) in [4.78, 5) is 13.7. The predicted octanol–water partition coefficient (Wildman–Crippen LogP) is 6.03. The van der Waals surface area contributed by atoms with Gasteiger partial charge in [-0.15, -0.1) is 0 Å². The fourth-order valence-electron chi connectivity index (χ4n) is 4.28. The Balaban J connectivity index is 1.70. The zero-order valence-corrected chi connectivity index (χ0v) is 22.4. The molecule has 0 heterocycles. The second-order valence-electron chi connectivity index (χ2n) is 9.48. The maximum absolute atomic E-state index is 11.6. The average Bonchev–Trinajstić information content (AvgIpc) is 2.93. The zero-order valence-electron chi connectivity index (χ0n) is 22.4. The van der Waals surface area contributed by atoms with Crippen molar-refractivity contribution < 1.29 is 19.0 Å². The number of ether oxygens (including phenoxy) is 3. The van der Waals surface area contributed by atoms with Crippen molar-refractivity contribution >= 4 is 5.97 Å². The fraction of sp³-hybridized carbons (Fsp3) is 0.242. The maximum atomic E-state index is 11.6. The molecule has 0 aliphatic heterocycles. The van der Waals surface area contributed by atoms with Crippen LogP contribution in [0.2, 0.25) is 0 Å². The highest BCUT2D eigenvalue weighted by molar-refractivity contribution is 5.72. The third-order valence-corrected chi connectivity index (χ3v) is 6.30. The molecule has 0 radical (unpaired) electrons. The predicted molar refractivity (Wildman–Crippen MR) is 152 cm³/mol. The molecule has 0 saturated heterocycles. The van der Waals surface area contributed by atoms with E-state index >= 15 is 0 Å². The average molecular weight is 510 g/mol. The topological polar surface area (TPSA) is 48.0 Å². The van der Waals surface area contributed by atoms with Crippen LogP contribution in [0.5, 0.6) is 11.5 Å². The van der Waals surface area contributed by atoms with Gasteiger partial charge in [0.1, 0.15) is 18.1 Å². The summed E-state index contributed by atoms with van der Waals surface area (Å²) in [5, 5.41) is 0. The standard InChI is InChI=1S/C33H35NO4/c1-34(2)18-19-37-32-17-14-27(22-29(32)21-26-12-8-5-9-13-26)31-16-15-30(38-24-33(35)36-3)23-28(31)20-25-10-6-4-7-11-25/h4-17,22-23H,18-21,24H2,1-3H3. The number of hydrogen-bond acceptors (Lipinski definition) is 5. The van der Waals surface area contributed by atoms with E-state index in [9.17, 15) is 4.79 Å². The summed E-state index contributed by atoms with van der Waals surface area (Å²) < 4.78 is 16.7. The Labute approximate surface area is 225 Å². The molecule has 0 bridgehead atoms. The first-order chi connectivity index (χ1) is 18.5. The maximum Gasteiger partial charge on any atom is 0.343 e. The number of benzene rings is 4. The molecule has 0 spiro atoms. The largest absolute Gasteiger partial charge is 0.492 e. The minimum absolute atomic E-state index is 0.124. The molecule has 0 saturated carbocycles. The highest BCUT2D eigenvalue weighted by Gasteiger charge is 2.13. The van der Waals surface area contributed by atoms with Gasteiger partial charge in [0.25, 0.3) is 0 Å². The molecule has 0 unspecified atom stereocenters. The van der Waals surface area contributed by atoms with E-state index < -0.39 is 5.97 Å². The first-order valence-electron chi connectivity index (χ1n) is 12.8. The van der Waals surface area contributed by atoms with Crippen molar-refractivity contribution in [2.45, 2.75) is 12.8 Å². The minimum atomic E-state index is -0.408. The normalized spacial score (nSPS) is 10.8. The second kappa shape index (κ2) is 13.5.